The van der Waals surface area contributed by atoms with Crippen molar-refractivity contribution in [2.75, 3.05) is 20.2 Å². The Hall–Kier alpha value is -0.400. The second-order valence-electron chi connectivity index (χ2n) is 5.21. The quantitative estimate of drug-likeness (QED) is 0.837. The van der Waals surface area contributed by atoms with Crippen LogP contribution in [0.1, 0.15) is 42.9 Å². The van der Waals surface area contributed by atoms with Crippen LogP contribution >= 0.6 is 36.2 Å². The van der Waals surface area contributed by atoms with Crippen molar-refractivity contribution >= 4 is 42.1 Å². The van der Waals surface area contributed by atoms with Crippen molar-refractivity contribution in [3.8, 4) is 0 Å². The second kappa shape index (κ2) is 9.67. The topological polar surface area (TPSA) is 63.2 Å². The summed E-state index contributed by atoms with van der Waals surface area (Å²) < 4.78 is 5.56. The molecule has 0 saturated carbocycles. The number of aromatic nitrogens is 1. The molecule has 0 aliphatic carbocycles. The van der Waals surface area contributed by atoms with E-state index in [1.54, 1.807) is 18.4 Å². The van der Waals surface area contributed by atoms with Gasteiger partial charge in [-0.15, -0.1) is 36.2 Å². The van der Waals surface area contributed by atoms with E-state index in [0.29, 0.717) is 12.8 Å². The smallest absolute Gasteiger partial charge is 0.252 e. The number of aryl methyl sites for hydroxylation is 1. The van der Waals surface area contributed by atoms with Crippen molar-refractivity contribution in [3.05, 3.63) is 16.1 Å². The summed E-state index contributed by atoms with van der Waals surface area (Å²) in [6.07, 6.45) is 2.25. The van der Waals surface area contributed by atoms with Gasteiger partial charge in [0.25, 0.3) is 5.91 Å². The molecule has 1 atom stereocenters. The minimum Gasteiger partial charge on any atom is -0.368 e. The van der Waals surface area contributed by atoms with Crippen LogP contribution in [0.5, 0.6) is 0 Å². The standard InChI is InChI=1S/C14H23N3O2S.2ClH/c1-4-11(12-16-10(2)9-20-12)17-13(18)14(19-3)5-7-15-8-6-14;;/h9,11,15H,4-8H2,1-3H3,(H,17,18);2*1H. The average molecular weight is 370 g/mol. The fourth-order valence-electron chi connectivity index (χ4n) is 2.51. The number of nitrogens with one attached hydrogen (secondary N) is 2. The summed E-state index contributed by atoms with van der Waals surface area (Å²) >= 11 is 1.60. The number of ether oxygens (including phenoxy) is 1. The number of carbonyl (C=O) groups is 1. The van der Waals surface area contributed by atoms with Crippen LogP contribution in [0.4, 0.5) is 0 Å². The largest absolute Gasteiger partial charge is 0.368 e. The van der Waals surface area contributed by atoms with E-state index < -0.39 is 5.60 Å². The summed E-state index contributed by atoms with van der Waals surface area (Å²) in [7, 11) is 1.62. The van der Waals surface area contributed by atoms with E-state index in [-0.39, 0.29) is 36.8 Å². The fraction of sp³-hybridized carbons (Fsp3) is 0.714. The zero-order valence-electron chi connectivity index (χ0n) is 13.2. The van der Waals surface area contributed by atoms with Crippen LogP contribution in [-0.2, 0) is 9.53 Å². The van der Waals surface area contributed by atoms with Crippen LogP contribution in [-0.4, -0.2) is 36.7 Å². The predicted molar refractivity (Wildman–Crippen MR) is 94.4 cm³/mol. The van der Waals surface area contributed by atoms with Gasteiger partial charge in [-0.2, -0.15) is 0 Å². The molecule has 1 aliphatic rings. The molecule has 2 N–H and O–H groups in total. The van der Waals surface area contributed by atoms with Crippen molar-refractivity contribution in [2.24, 2.45) is 0 Å². The summed E-state index contributed by atoms with van der Waals surface area (Å²) in [6.45, 7) is 5.66. The van der Waals surface area contributed by atoms with Crippen molar-refractivity contribution < 1.29 is 9.53 Å². The number of amides is 1. The Labute approximate surface area is 148 Å². The normalized spacial score (nSPS) is 17.8. The highest BCUT2D eigenvalue weighted by atomic mass is 35.5. The van der Waals surface area contributed by atoms with Crippen LogP contribution in [0.15, 0.2) is 5.38 Å². The van der Waals surface area contributed by atoms with Crippen LogP contribution in [0.25, 0.3) is 0 Å². The molecule has 1 fully saturated rings. The molecule has 1 amide bonds. The number of thiazole rings is 1. The molecule has 8 heteroatoms. The van der Waals surface area contributed by atoms with Gasteiger partial charge >= 0.3 is 0 Å². The molecule has 0 bridgehead atoms. The minimum atomic E-state index is -0.690. The van der Waals surface area contributed by atoms with E-state index in [1.807, 2.05) is 12.3 Å². The van der Waals surface area contributed by atoms with E-state index in [2.05, 4.69) is 22.5 Å². The number of piperidine rings is 1. The highest BCUT2D eigenvalue weighted by Crippen LogP contribution is 2.26. The first kappa shape index (κ1) is 21.6. The summed E-state index contributed by atoms with van der Waals surface area (Å²) in [5.41, 5.74) is 0.311. The molecule has 0 radical (unpaired) electrons. The third-order valence-electron chi connectivity index (χ3n) is 3.86. The molecule has 2 heterocycles. The molecule has 5 nitrogen and oxygen atoms in total. The van der Waals surface area contributed by atoms with E-state index >= 15 is 0 Å². The zero-order valence-corrected chi connectivity index (χ0v) is 15.6. The van der Waals surface area contributed by atoms with E-state index in [0.717, 1.165) is 30.2 Å². The first-order valence-corrected chi connectivity index (χ1v) is 7.98. The van der Waals surface area contributed by atoms with Crippen molar-refractivity contribution in [1.29, 1.82) is 0 Å². The molecule has 1 aromatic rings. The SMILES string of the molecule is CCC(NC(=O)C1(OC)CCNCC1)c1nc(C)cs1.Cl.Cl. The van der Waals surface area contributed by atoms with Gasteiger partial charge in [-0.25, -0.2) is 4.98 Å². The molecule has 128 valence electrons. The molecule has 0 aromatic carbocycles. The van der Waals surface area contributed by atoms with Crippen LogP contribution in [0, 0.1) is 6.92 Å². The van der Waals surface area contributed by atoms with Gasteiger partial charge in [-0.05, 0) is 39.3 Å². The Morgan fingerprint density at radius 1 is 1.50 bits per heavy atom. The number of rotatable bonds is 5. The number of carbonyl (C=O) groups excluding carboxylic acids is 1. The number of halogens is 2. The first-order chi connectivity index (χ1) is 9.61. The molecule has 1 unspecified atom stereocenters. The average Bonchev–Trinajstić information content (AvgIpc) is 2.91. The zero-order chi connectivity index (χ0) is 14.6. The number of hydrogen-bond acceptors (Lipinski definition) is 5. The van der Waals surface area contributed by atoms with Gasteiger partial charge in [0.2, 0.25) is 0 Å². The van der Waals surface area contributed by atoms with Gasteiger partial charge < -0.3 is 15.4 Å². The molecule has 1 saturated heterocycles. The van der Waals surface area contributed by atoms with Gasteiger partial charge in [0.05, 0.1) is 6.04 Å². The van der Waals surface area contributed by atoms with Gasteiger partial charge in [0, 0.05) is 18.2 Å². The lowest BCUT2D eigenvalue weighted by Gasteiger charge is -2.35. The Morgan fingerprint density at radius 2 is 2.14 bits per heavy atom. The van der Waals surface area contributed by atoms with Crippen LogP contribution in [0.3, 0.4) is 0 Å². The number of hydrogen-bond donors (Lipinski definition) is 2. The number of nitrogens with zero attached hydrogens (tertiary/aromatic N) is 1. The highest BCUT2D eigenvalue weighted by Gasteiger charge is 2.40. The third kappa shape index (κ3) is 4.80. The maximum Gasteiger partial charge on any atom is 0.252 e. The predicted octanol–water partition coefficient (Wildman–Crippen LogP) is 2.63. The Balaban J connectivity index is 0.00000220. The van der Waals surface area contributed by atoms with Crippen molar-refractivity contribution in [1.82, 2.24) is 15.6 Å². The van der Waals surface area contributed by atoms with Crippen molar-refractivity contribution in [3.63, 3.8) is 0 Å². The first-order valence-electron chi connectivity index (χ1n) is 7.10. The monoisotopic (exact) mass is 369 g/mol. The molecule has 0 spiro atoms. The summed E-state index contributed by atoms with van der Waals surface area (Å²) in [5, 5.41) is 9.36. The van der Waals surface area contributed by atoms with E-state index in [4.69, 9.17) is 4.74 Å². The molecule has 2 rings (SSSR count). The summed E-state index contributed by atoms with van der Waals surface area (Å²) in [4.78, 5) is 17.1. The second-order valence-corrected chi connectivity index (χ2v) is 6.10. The van der Waals surface area contributed by atoms with Crippen LogP contribution in [0.2, 0.25) is 0 Å². The molecule has 1 aromatic heterocycles. The molecule has 22 heavy (non-hydrogen) atoms. The molecular weight excluding hydrogens is 345 g/mol. The summed E-state index contributed by atoms with van der Waals surface area (Å²) in [5.74, 6) is -0.0128. The maximum atomic E-state index is 12.6. The number of methoxy groups -OCH3 is 1. The molecule has 1 aliphatic heterocycles. The maximum absolute atomic E-state index is 12.6. The van der Waals surface area contributed by atoms with Gasteiger partial charge in [-0.1, -0.05) is 6.92 Å². The van der Waals surface area contributed by atoms with Crippen LogP contribution < -0.4 is 10.6 Å². The highest BCUT2D eigenvalue weighted by molar-refractivity contribution is 7.09. The lowest BCUT2D eigenvalue weighted by molar-refractivity contribution is -0.147. The van der Waals surface area contributed by atoms with Gasteiger partial charge in [-0.3, -0.25) is 4.79 Å². The van der Waals surface area contributed by atoms with E-state index in [1.165, 1.54) is 0 Å². The Bertz CT molecular complexity index is 465. The summed E-state index contributed by atoms with van der Waals surface area (Å²) in [6, 6.07) is -0.0249. The fourth-order valence-corrected chi connectivity index (χ4v) is 3.45. The minimum absolute atomic E-state index is 0. The lowest BCUT2D eigenvalue weighted by atomic mass is 9.90. The van der Waals surface area contributed by atoms with E-state index in [9.17, 15) is 4.79 Å². The van der Waals surface area contributed by atoms with Gasteiger partial charge in [0.1, 0.15) is 10.6 Å². The Morgan fingerprint density at radius 3 is 2.59 bits per heavy atom. The molecular formula is C14H25Cl2N3O2S. The van der Waals surface area contributed by atoms with Gasteiger partial charge in [0.15, 0.2) is 0 Å². The Kier molecular flexibility index (Phi) is 9.50. The lowest BCUT2D eigenvalue weighted by Crippen LogP contribution is -2.54. The third-order valence-corrected chi connectivity index (χ3v) is 4.94. The van der Waals surface area contributed by atoms with Crippen molar-refractivity contribution in [2.45, 2.75) is 44.8 Å².